The van der Waals surface area contributed by atoms with Crippen molar-refractivity contribution < 1.29 is 14.4 Å². The van der Waals surface area contributed by atoms with Crippen LogP contribution in [0, 0.1) is 0 Å². The molecule has 3 nitrogen and oxygen atoms in total. The molecule has 0 fully saturated rings. The Morgan fingerprint density at radius 2 is 1.37 bits per heavy atom. The first-order valence-electron chi connectivity index (χ1n) is 5.60. The van der Waals surface area contributed by atoms with Crippen molar-refractivity contribution in [2.24, 2.45) is 0 Å². The number of halogens is 1. The Balaban J connectivity index is 2.29. The van der Waals surface area contributed by atoms with E-state index < -0.39 is 0 Å². The molecule has 0 N–H and O–H groups in total. The quantitative estimate of drug-likeness (QED) is 0.639. The Labute approximate surface area is 113 Å². The summed E-state index contributed by atoms with van der Waals surface area (Å²) in [7, 11) is 0. The average Bonchev–Trinajstić information content (AvgIpc) is 2.44. The molecule has 0 spiro atoms. The van der Waals surface area contributed by atoms with Gasteiger partial charge in [-0.15, -0.1) is 0 Å². The van der Waals surface area contributed by atoms with Crippen LogP contribution in [0.25, 0.3) is 0 Å². The van der Waals surface area contributed by atoms with E-state index in [2.05, 4.69) is 0 Å². The van der Waals surface area contributed by atoms with Crippen molar-refractivity contribution in [3.63, 3.8) is 0 Å². The third-order valence-electron chi connectivity index (χ3n) is 3.14. The number of aldehydes is 1. The molecular formula is C15H7ClO3. The highest BCUT2D eigenvalue weighted by Gasteiger charge is 2.29. The minimum Gasteiger partial charge on any atom is -0.298 e. The molecule has 0 heterocycles. The third kappa shape index (κ3) is 1.71. The van der Waals surface area contributed by atoms with Crippen LogP contribution in [0.3, 0.4) is 0 Å². The molecule has 0 aliphatic heterocycles. The second kappa shape index (κ2) is 4.14. The van der Waals surface area contributed by atoms with E-state index in [0.717, 1.165) is 0 Å². The SMILES string of the molecule is O=Cc1ccc2c(c1)C(=O)c1cc(Cl)ccc1C2=O. The molecule has 19 heavy (non-hydrogen) atoms. The molecule has 0 atom stereocenters. The summed E-state index contributed by atoms with van der Waals surface area (Å²) in [5, 5.41) is 0.398. The summed E-state index contributed by atoms with van der Waals surface area (Å²) in [5.41, 5.74) is 1.58. The van der Waals surface area contributed by atoms with Gasteiger partial charge in [-0.1, -0.05) is 17.7 Å². The summed E-state index contributed by atoms with van der Waals surface area (Å²) in [6, 6.07) is 9.08. The predicted octanol–water partition coefficient (Wildman–Crippen LogP) is 2.93. The van der Waals surface area contributed by atoms with Crippen LogP contribution >= 0.6 is 11.6 Å². The van der Waals surface area contributed by atoms with Gasteiger partial charge in [-0.25, -0.2) is 0 Å². The maximum Gasteiger partial charge on any atom is 0.194 e. The Bertz CT molecular complexity index is 747. The number of carbonyl (C=O) groups excluding carboxylic acids is 3. The molecule has 2 aromatic carbocycles. The van der Waals surface area contributed by atoms with Crippen LogP contribution in [0.5, 0.6) is 0 Å². The zero-order chi connectivity index (χ0) is 13.6. The van der Waals surface area contributed by atoms with E-state index >= 15 is 0 Å². The summed E-state index contributed by atoms with van der Waals surface area (Å²) in [6.45, 7) is 0. The Morgan fingerprint density at radius 3 is 2.05 bits per heavy atom. The summed E-state index contributed by atoms with van der Waals surface area (Å²) < 4.78 is 0. The second-order valence-electron chi connectivity index (χ2n) is 4.27. The van der Waals surface area contributed by atoms with E-state index in [1.165, 1.54) is 24.3 Å². The molecule has 3 rings (SSSR count). The molecule has 2 aromatic rings. The minimum atomic E-state index is -0.282. The van der Waals surface area contributed by atoms with Crippen LogP contribution in [-0.2, 0) is 0 Å². The van der Waals surface area contributed by atoms with Gasteiger partial charge in [0, 0.05) is 32.8 Å². The van der Waals surface area contributed by atoms with E-state index in [1.807, 2.05) is 0 Å². The largest absolute Gasteiger partial charge is 0.298 e. The number of carbonyl (C=O) groups is 3. The molecule has 0 aromatic heterocycles. The standard InChI is InChI=1S/C15H7ClO3/c16-9-2-4-11-13(6-9)15(19)12-5-8(7-17)1-3-10(12)14(11)18/h1-7H. The van der Waals surface area contributed by atoms with Gasteiger partial charge in [0.2, 0.25) is 0 Å². The monoisotopic (exact) mass is 270 g/mol. The van der Waals surface area contributed by atoms with E-state index in [-0.39, 0.29) is 22.7 Å². The summed E-state index contributed by atoms with van der Waals surface area (Å²) in [4.78, 5) is 35.4. The van der Waals surface area contributed by atoms with Crippen LogP contribution in [0.4, 0.5) is 0 Å². The molecule has 0 saturated heterocycles. The van der Waals surface area contributed by atoms with Crippen LogP contribution in [0.1, 0.15) is 42.2 Å². The number of hydrogen-bond acceptors (Lipinski definition) is 3. The molecule has 0 unspecified atom stereocenters. The number of rotatable bonds is 1. The van der Waals surface area contributed by atoms with Gasteiger partial charge in [-0.05, 0) is 30.3 Å². The van der Waals surface area contributed by atoms with Gasteiger partial charge in [0.1, 0.15) is 6.29 Å². The zero-order valence-electron chi connectivity index (χ0n) is 9.64. The summed E-state index contributed by atoms with van der Waals surface area (Å²) in [5.74, 6) is -0.505. The Morgan fingerprint density at radius 1 is 0.789 bits per heavy atom. The molecule has 1 aliphatic rings. The average molecular weight is 271 g/mol. The van der Waals surface area contributed by atoms with Crippen molar-refractivity contribution in [3.05, 3.63) is 69.2 Å². The van der Waals surface area contributed by atoms with Gasteiger partial charge < -0.3 is 0 Å². The van der Waals surface area contributed by atoms with Crippen molar-refractivity contribution in [1.29, 1.82) is 0 Å². The zero-order valence-corrected chi connectivity index (χ0v) is 10.4. The van der Waals surface area contributed by atoms with Gasteiger partial charge in [0.15, 0.2) is 11.6 Å². The summed E-state index contributed by atoms with van der Waals surface area (Å²) in [6.07, 6.45) is 0.644. The first kappa shape index (κ1) is 11.8. The first-order valence-corrected chi connectivity index (χ1v) is 5.98. The maximum absolute atomic E-state index is 12.3. The topological polar surface area (TPSA) is 51.2 Å². The fourth-order valence-electron chi connectivity index (χ4n) is 2.21. The van der Waals surface area contributed by atoms with Crippen LogP contribution in [-0.4, -0.2) is 17.9 Å². The lowest BCUT2D eigenvalue weighted by atomic mass is 9.83. The van der Waals surface area contributed by atoms with Gasteiger partial charge in [0.05, 0.1) is 0 Å². The maximum atomic E-state index is 12.3. The van der Waals surface area contributed by atoms with E-state index in [9.17, 15) is 14.4 Å². The lowest BCUT2D eigenvalue weighted by Gasteiger charge is -2.17. The molecule has 0 amide bonds. The van der Waals surface area contributed by atoms with Gasteiger partial charge in [0.25, 0.3) is 0 Å². The van der Waals surface area contributed by atoms with Gasteiger partial charge >= 0.3 is 0 Å². The fraction of sp³-hybridized carbons (Fsp3) is 0. The van der Waals surface area contributed by atoms with Crippen molar-refractivity contribution in [2.45, 2.75) is 0 Å². The normalized spacial score (nSPS) is 12.9. The predicted molar refractivity (Wildman–Crippen MR) is 70.1 cm³/mol. The van der Waals surface area contributed by atoms with E-state index in [0.29, 0.717) is 28.0 Å². The van der Waals surface area contributed by atoms with Crippen LogP contribution < -0.4 is 0 Å². The van der Waals surface area contributed by atoms with Crippen LogP contribution in [0.2, 0.25) is 5.02 Å². The summed E-state index contributed by atoms with van der Waals surface area (Å²) >= 11 is 5.86. The molecule has 1 aliphatic carbocycles. The molecule has 0 bridgehead atoms. The Kier molecular flexibility index (Phi) is 2.57. The number of hydrogen-bond donors (Lipinski definition) is 0. The minimum absolute atomic E-state index is 0.223. The molecular weight excluding hydrogens is 264 g/mol. The van der Waals surface area contributed by atoms with Crippen molar-refractivity contribution >= 4 is 29.5 Å². The Hall–Kier alpha value is -2.26. The fourth-order valence-corrected chi connectivity index (χ4v) is 2.39. The molecule has 4 heteroatoms. The lowest BCUT2D eigenvalue weighted by Crippen LogP contribution is -2.21. The number of benzene rings is 2. The highest BCUT2D eigenvalue weighted by molar-refractivity contribution is 6.33. The molecule has 92 valence electrons. The van der Waals surface area contributed by atoms with Gasteiger partial charge in [-0.3, -0.25) is 14.4 Å². The van der Waals surface area contributed by atoms with Crippen molar-refractivity contribution in [3.8, 4) is 0 Å². The van der Waals surface area contributed by atoms with E-state index in [1.54, 1.807) is 12.1 Å². The van der Waals surface area contributed by atoms with Crippen molar-refractivity contribution in [1.82, 2.24) is 0 Å². The van der Waals surface area contributed by atoms with E-state index in [4.69, 9.17) is 11.6 Å². The number of ketones is 2. The van der Waals surface area contributed by atoms with Gasteiger partial charge in [-0.2, -0.15) is 0 Å². The first-order chi connectivity index (χ1) is 9.11. The molecule has 0 radical (unpaired) electrons. The highest BCUT2D eigenvalue weighted by atomic mass is 35.5. The number of fused-ring (bicyclic) bond motifs is 2. The second-order valence-corrected chi connectivity index (χ2v) is 4.71. The smallest absolute Gasteiger partial charge is 0.194 e. The van der Waals surface area contributed by atoms with Crippen molar-refractivity contribution in [2.75, 3.05) is 0 Å². The van der Waals surface area contributed by atoms with Crippen LogP contribution in [0.15, 0.2) is 36.4 Å². The lowest BCUT2D eigenvalue weighted by molar-refractivity contribution is 0.0979. The third-order valence-corrected chi connectivity index (χ3v) is 3.37. The highest BCUT2D eigenvalue weighted by Crippen LogP contribution is 2.29. The molecule has 0 saturated carbocycles.